The minimum absolute atomic E-state index is 0. The van der Waals surface area contributed by atoms with Crippen LogP contribution in [-0.2, 0) is 9.63 Å². The molecule has 0 unspecified atom stereocenters. The zero-order valence-electron chi connectivity index (χ0n) is 7.16. The van der Waals surface area contributed by atoms with Crippen LogP contribution in [0.1, 0.15) is 20.3 Å². The van der Waals surface area contributed by atoms with Crippen molar-refractivity contribution in [3.63, 3.8) is 0 Å². The Kier molecular flexibility index (Phi) is 9.63. The summed E-state index contributed by atoms with van der Waals surface area (Å²) in [6.07, 6.45) is 2.14. The number of hydrogen-bond acceptors (Lipinski definition) is 4. The van der Waals surface area contributed by atoms with Gasteiger partial charge in [-0.15, -0.1) is 12.4 Å². The first-order valence-electron chi connectivity index (χ1n) is 3.51. The van der Waals surface area contributed by atoms with Crippen LogP contribution in [0.25, 0.3) is 0 Å². The molecule has 0 aromatic heterocycles. The van der Waals surface area contributed by atoms with E-state index in [2.05, 4.69) is 10.3 Å². The van der Waals surface area contributed by atoms with E-state index in [-0.39, 0.29) is 18.2 Å². The summed E-state index contributed by atoms with van der Waals surface area (Å²) in [7, 11) is 0. The van der Waals surface area contributed by atoms with Crippen LogP contribution in [0.2, 0.25) is 0 Å². The Morgan fingerprint density at radius 1 is 1.67 bits per heavy atom. The van der Waals surface area contributed by atoms with Crippen molar-refractivity contribution in [1.82, 2.24) is 5.48 Å². The minimum Gasteiger partial charge on any atom is -0.502 e. The summed E-state index contributed by atoms with van der Waals surface area (Å²) in [4.78, 5) is 15.1. The zero-order chi connectivity index (χ0) is 8.69. The second-order valence-electron chi connectivity index (χ2n) is 1.96. The van der Waals surface area contributed by atoms with Crippen LogP contribution < -0.4 is 5.48 Å². The third kappa shape index (κ3) is 6.00. The van der Waals surface area contributed by atoms with Gasteiger partial charge in [0, 0.05) is 6.54 Å². The number of halogens is 1. The normalized spacial score (nSPS) is 10.3. The second kappa shape index (κ2) is 8.36. The Bertz CT molecular complexity index is 159. The van der Waals surface area contributed by atoms with Gasteiger partial charge in [-0.05, 0) is 19.4 Å². The maximum absolute atomic E-state index is 10.6. The van der Waals surface area contributed by atoms with Crippen molar-refractivity contribution >= 4 is 18.4 Å². The van der Waals surface area contributed by atoms with Crippen molar-refractivity contribution in [3.05, 3.63) is 11.8 Å². The van der Waals surface area contributed by atoms with Crippen LogP contribution >= 0.6 is 12.4 Å². The Morgan fingerprint density at radius 2 is 2.25 bits per heavy atom. The first kappa shape index (κ1) is 13.8. The lowest BCUT2D eigenvalue weighted by Gasteiger charge is -2.02. The number of nitrogens with one attached hydrogen (secondary N) is 1. The predicted molar refractivity (Wildman–Crippen MR) is 48.0 cm³/mol. The third-order valence-electron chi connectivity index (χ3n) is 1.000. The Morgan fingerprint density at radius 3 is 2.67 bits per heavy atom. The highest BCUT2D eigenvalue weighted by molar-refractivity contribution is 5.85. The quantitative estimate of drug-likeness (QED) is 0.308. The molecule has 0 aliphatic carbocycles. The van der Waals surface area contributed by atoms with E-state index in [4.69, 9.17) is 5.11 Å². The van der Waals surface area contributed by atoms with Gasteiger partial charge < -0.3 is 9.94 Å². The number of aliphatic hydroxyl groups is 1. The van der Waals surface area contributed by atoms with E-state index in [0.29, 0.717) is 6.54 Å². The van der Waals surface area contributed by atoms with Gasteiger partial charge in [0.15, 0.2) is 5.76 Å². The van der Waals surface area contributed by atoms with Crippen LogP contribution in [0.5, 0.6) is 0 Å². The number of carbonyl (C=O) groups excluding carboxylic acids is 1. The summed E-state index contributed by atoms with van der Waals surface area (Å²) in [5, 5.41) is 8.77. The van der Waals surface area contributed by atoms with Crippen LogP contribution in [0.4, 0.5) is 0 Å². The van der Waals surface area contributed by atoms with Gasteiger partial charge in [-0.3, -0.25) is 0 Å². The molecule has 0 radical (unpaired) electrons. The molecular weight excluding hydrogens is 182 g/mol. The minimum atomic E-state index is -0.749. The summed E-state index contributed by atoms with van der Waals surface area (Å²) in [6, 6.07) is 0. The van der Waals surface area contributed by atoms with Crippen molar-refractivity contribution < 1.29 is 14.7 Å². The van der Waals surface area contributed by atoms with E-state index < -0.39 is 5.97 Å². The molecule has 0 amide bonds. The highest BCUT2D eigenvalue weighted by Crippen LogP contribution is 1.89. The van der Waals surface area contributed by atoms with Crippen molar-refractivity contribution in [2.75, 3.05) is 6.54 Å². The molecule has 0 aliphatic heterocycles. The van der Waals surface area contributed by atoms with E-state index in [9.17, 15) is 4.79 Å². The van der Waals surface area contributed by atoms with E-state index >= 15 is 0 Å². The van der Waals surface area contributed by atoms with Crippen molar-refractivity contribution in [3.8, 4) is 0 Å². The van der Waals surface area contributed by atoms with E-state index in [1.165, 1.54) is 6.08 Å². The summed E-state index contributed by atoms with van der Waals surface area (Å²) < 4.78 is 0. The SMILES string of the molecule is CC=C(O)C(=O)ONCCC.Cl. The van der Waals surface area contributed by atoms with Crippen LogP contribution in [0.15, 0.2) is 11.8 Å². The largest absolute Gasteiger partial charge is 0.502 e. The predicted octanol–water partition coefficient (Wildman–Crippen LogP) is 1.33. The van der Waals surface area contributed by atoms with Gasteiger partial charge in [-0.2, -0.15) is 5.48 Å². The molecule has 0 bridgehead atoms. The van der Waals surface area contributed by atoms with E-state index in [1.807, 2.05) is 6.92 Å². The molecule has 0 aliphatic rings. The monoisotopic (exact) mass is 195 g/mol. The summed E-state index contributed by atoms with van der Waals surface area (Å²) in [5.41, 5.74) is 2.40. The van der Waals surface area contributed by atoms with Gasteiger partial charge >= 0.3 is 5.97 Å². The average molecular weight is 196 g/mol. The van der Waals surface area contributed by atoms with Crippen LogP contribution in [-0.4, -0.2) is 17.6 Å². The molecule has 0 fully saturated rings. The standard InChI is InChI=1S/C7H13NO3.ClH/c1-3-5-8-11-7(10)6(9)4-2;/h4,8-9H,3,5H2,1-2H3;1H. The first-order chi connectivity index (χ1) is 5.22. The van der Waals surface area contributed by atoms with Gasteiger partial charge in [-0.1, -0.05) is 6.92 Å². The van der Waals surface area contributed by atoms with Crippen molar-refractivity contribution in [2.45, 2.75) is 20.3 Å². The average Bonchev–Trinajstić information content (AvgIpc) is 2.03. The van der Waals surface area contributed by atoms with Gasteiger partial charge in [-0.25, -0.2) is 4.79 Å². The number of rotatable bonds is 4. The van der Waals surface area contributed by atoms with Gasteiger partial charge in [0.25, 0.3) is 0 Å². The Hall–Kier alpha value is -0.740. The highest BCUT2D eigenvalue weighted by atomic mass is 35.5. The zero-order valence-corrected chi connectivity index (χ0v) is 7.98. The molecule has 72 valence electrons. The number of carbonyl (C=O) groups is 1. The number of aliphatic hydroxyl groups excluding tert-OH is 1. The molecular formula is C7H14ClNO3. The molecule has 0 spiro atoms. The summed E-state index contributed by atoms with van der Waals surface area (Å²) in [5.74, 6) is -1.13. The summed E-state index contributed by atoms with van der Waals surface area (Å²) >= 11 is 0. The fraction of sp³-hybridized carbons (Fsp3) is 0.571. The first-order valence-corrected chi connectivity index (χ1v) is 3.51. The lowest BCUT2D eigenvalue weighted by atomic mass is 10.5. The van der Waals surface area contributed by atoms with Gasteiger partial charge in [0.05, 0.1) is 0 Å². The Labute approximate surface area is 78.0 Å². The maximum Gasteiger partial charge on any atom is 0.391 e. The lowest BCUT2D eigenvalue weighted by molar-refractivity contribution is -0.149. The molecule has 0 heterocycles. The number of hydrogen-bond donors (Lipinski definition) is 2. The molecule has 0 aromatic rings. The van der Waals surface area contributed by atoms with Crippen LogP contribution in [0, 0.1) is 0 Å². The third-order valence-corrected chi connectivity index (χ3v) is 1.000. The second-order valence-corrected chi connectivity index (χ2v) is 1.96. The van der Waals surface area contributed by atoms with E-state index in [0.717, 1.165) is 6.42 Å². The van der Waals surface area contributed by atoms with Gasteiger partial charge in [0.1, 0.15) is 0 Å². The van der Waals surface area contributed by atoms with Crippen LogP contribution in [0.3, 0.4) is 0 Å². The summed E-state index contributed by atoms with van der Waals surface area (Å²) in [6.45, 7) is 4.08. The molecule has 0 saturated carbocycles. The molecule has 4 nitrogen and oxygen atoms in total. The molecule has 0 aromatic carbocycles. The fourth-order valence-electron chi connectivity index (χ4n) is 0.389. The molecule has 0 rings (SSSR count). The van der Waals surface area contributed by atoms with E-state index in [1.54, 1.807) is 6.92 Å². The lowest BCUT2D eigenvalue weighted by Crippen LogP contribution is -2.21. The van der Waals surface area contributed by atoms with Gasteiger partial charge in [0.2, 0.25) is 0 Å². The number of hydroxylamine groups is 1. The fourth-order valence-corrected chi connectivity index (χ4v) is 0.389. The number of allylic oxidation sites excluding steroid dienone is 1. The maximum atomic E-state index is 10.6. The Balaban J connectivity index is 0. The van der Waals surface area contributed by atoms with Crippen molar-refractivity contribution in [1.29, 1.82) is 0 Å². The molecule has 2 N–H and O–H groups in total. The molecule has 0 atom stereocenters. The topological polar surface area (TPSA) is 58.6 Å². The molecule has 12 heavy (non-hydrogen) atoms. The molecule has 0 saturated heterocycles. The highest BCUT2D eigenvalue weighted by Gasteiger charge is 2.06. The van der Waals surface area contributed by atoms with Crippen molar-refractivity contribution in [2.24, 2.45) is 0 Å². The smallest absolute Gasteiger partial charge is 0.391 e. The molecule has 5 heteroatoms.